The summed E-state index contributed by atoms with van der Waals surface area (Å²) in [6, 6.07) is 0.576. The molecule has 0 amide bonds. The maximum Gasteiger partial charge on any atom is 0.158 e. The third-order valence-corrected chi connectivity index (χ3v) is 4.59. The average Bonchev–Trinajstić information content (AvgIpc) is 2.98. The van der Waals surface area contributed by atoms with E-state index in [0.29, 0.717) is 11.9 Å². The predicted octanol–water partition coefficient (Wildman–Crippen LogP) is 3.62. The number of imidazole rings is 1. The molecule has 0 saturated heterocycles. The maximum atomic E-state index is 5.98. The summed E-state index contributed by atoms with van der Waals surface area (Å²) in [5, 5.41) is 4.63. The summed E-state index contributed by atoms with van der Waals surface area (Å²) >= 11 is 5.98. The minimum absolute atomic E-state index is 0.576. The van der Waals surface area contributed by atoms with Gasteiger partial charge in [-0.2, -0.15) is 5.10 Å². The maximum absolute atomic E-state index is 5.98. The lowest BCUT2D eigenvalue weighted by Crippen LogP contribution is -2.17. The quantitative estimate of drug-likeness (QED) is 0.808. The molecule has 1 saturated carbocycles. The topological polar surface area (TPSA) is 35.6 Å². The highest BCUT2D eigenvalue weighted by molar-refractivity contribution is 6.17. The highest BCUT2D eigenvalue weighted by atomic mass is 35.5. The largest absolute Gasteiger partial charge is 0.310 e. The summed E-state index contributed by atoms with van der Waals surface area (Å²) in [6.07, 6.45) is 8.30. The minimum atomic E-state index is 0.576. The number of aromatic nitrogens is 4. The van der Waals surface area contributed by atoms with Crippen molar-refractivity contribution in [2.75, 3.05) is 5.88 Å². The van der Waals surface area contributed by atoms with Crippen molar-refractivity contribution in [1.29, 1.82) is 0 Å². The Morgan fingerprint density at radius 2 is 2.00 bits per heavy atom. The zero-order valence-corrected chi connectivity index (χ0v) is 13.2. The van der Waals surface area contributed by atoms with Crippen molar-refractivity contribution in [3.63, 3.8) is 0 Å². The molecule has 0 unspecified atom stereocenters. The molecule has 0 N–H and O–H groups in total. The Balaban J connectivity index is 2.14. The van der Waals surface area contributed by atoms with E-state index >= 15 is 0 Å². The highest BCUT2D eigenvalue weighted by Gasteiger charge is 2.24. The second-order valence-electron chi connectivity index (χ2n) is 5.72. The van der Waals surface area contributed by atoms with Gasteiger partial charge in [0.25, 0.3) is 0 Å². The number of halogens is 1. The summed E-state index contributed by atoms with van der Waals surface area (Å²) in [7, 11) is 2.03. The van der Waals surface area contributed by atoms with Crippen LogP contribution in [0.15, 0.2) is 0 Å². The van der Waals surface area contributed by atoms with Crippen molar-refractivity contribution < 1.29 is 0 Å². The molecule has 0 spiro atoms. The molecule has 0 aromatic carbocycles. The lowest BCUT2D eigenvalue weighted by atomic mass is 9.95. The van der Waals surface area contributed by atoms with E-state index in [4.69, 9.17) is 16.6 Å². The van der Waals surface area contributed by atoms with Gasteiger partial charge >= 0.3 is 0 Å². The van der Waals surface area contributed by atoms with E-state index in [2.05, 4.69) is 16.6 Å². The second kappa shape index (κ2) is 5.76. The minimum Gasteiger partial charge on any atom is -0.310 e. The van der Waals surface area contributed by atoms with Crippen LogP contribution in [0.3, 0.4) is 0 Å². The molecule has 0 atom stereocenters. The van der Waals surface area contributed by atoms with Gasteiger partial charge in [-0.3, -0.25) is 4.68 Å². The molecule has 5 heteroatoms. The molecule has 4 nitrogen and oxygen atoms in total. The SMILES string of the molecule is CCc1nn(C)c2c1nc(CCCl)n2C1CCCCC1. The van der Waals surface area contributed by atoms with Crippen LogP contribution in [0.25, 0.3) is 11.2 Å². The second-order valence-corrected chi connectivity index (χ2v) is 6.10. The normalized spacial score (nSPS) is 17.1. The van der Waals surface area contributed by atoms with Crippen LogP contribution in [0.4, 0.5) is 0 Å². The Hall–Kier alpha value is -1.03. The smallest absolute Gasteiger partial charge is 0.158 e. The molecule has 3 rings (SSSR count). The lowest BCUT2D eigenvalue weighted by Gasteiger charge is -2.25. The van der Waals surface area contributed by atoms with E-state index in [1.165, 1.54) is 37.8 Å². The molecular weight excluding hydrogens is 272 g/mol. The molecule has 0 bridgehead atoms. The first-order valence-electron chi connectivity index (χ1n) is 7.75. The number of hydrogen-bond acceptors (Lipinski definition) is 2. The summed E-state index contributed by atoms with van der Waals surface area (Å²) in [4.78, 5) is 4.86. The first kappa shape index (κ1) is 13.9. The Morgan fingerprint density at radius 3 is 2.65 bits per heavy atom. The van der Waals surface area contributed by atoms with Gasteiger partial charge in [0.2, 0.25) is 0 Å². The van der Waals surface area contributed by atoms with Gasteiger partial charge in [0.1, 0.15) is 11.3 Å². The Bertz CT molecular complexity index is 593. The predicted molar refractivity (Wildman–Crippen MR) is 82.4 cm³/mol. The van der Waals surface area contributed by atoms with Crippen molar-refractivity contribution in [3.05, 3.63) is 11.5 Å². The fourth-order valence-corrected chi connectivity index (χ4v) is 3.64. The van der Waals surface area contributed by atoms with Crippen LogP contribution in [0, 0.1) is 0 Å². The van der Waals surface area contributed by atoms with Crippen LogP contribution >= 0.6 is 11.6 Å². The summed E-state index contributed by atoms with van der Waals surface area (Å²) in [6.45, 7) is 2.14. The molecular formula is C15H23ClN4. The molecule has 1 fully saturated rings. The average molecular weight is 295 g/mol. The molecule has 110 valence electrons. The van der Waals surface area contributed by atoms with Gasteiger partial charge in [0, 0.05) is 25.4 Å². The number of hydrogen-bond donors (Lipinski definition) is 0. The van der Waals surface area contributed by atoms with E-state index < -0.39 is 0 Å². The van der Waals surface area contributed by atoms with Gasteiger partial charge in [0.05, 0.1) is 5.69 Å². The van der Waals surface area contributed by atoms with E-state index in [0.717, 1.165) is 29.9 Å². The van der Waals surface area contributed by atoms with Crippen molar-refractivity contribution >= 4 is 22.8 Å². The molecule has 0 aliphatic heterocycles. The molecule has 0 radical (unpaired) electrons. The Labute approximate surface area is 125 Å². The third kappa shape index (κ3) is 2.24. The van der Waals surface area contributed by atoms with Crippen LogP contribution in [-0.4, -0.2) is 25.2 Å². The fraction of sp³-hybridized carbons (Fsp3) is 0.733. The van der Waals surface area contributed by atoms with E-state index in [1.54, 1.807) is 0 Å². The van der Waals surface area contributed by atoms with Gasteiger partial charge in [-0.15, -0.1) is 11.6 Å². The van der Waals surface area contributed by atoms with Crippen molar-refractivity contribution in [2.45, 2.75) is 57.9 Å². The third-order valence-electron chi connectivity index (χ3n) is 4.40. The number of nitrogens with zero attached hydrogens (tertiary/aromatic N) is 4. The zero-order valence-electron chi connectivity index (χ0n) is 12.4. The lowest BCUT2D eigenvalue weighted by molar-refractivity contribution is 0.349. The van der Waals surface area contributed by atoms with E-state index in [-0.39, 0.29) is 0 Å². The monoisotopic (exact) mass is 294 g/mol. The van der Waals surface area contributed by atoms with Crippen LogP contribution in [0.1, 0.15) is 56.6 Å². The van der Waals surface area contributed by atoms with Gasteiger partial charge in [0.15, 0.2) is 5.65 Å². The molecule has 1 aliphatic rings. The number of alkyl halides is 1. The fourth-order valence-electron chi connectivity index (χ4n) is 3.47. The van der Waals surface area contributed by atoms with Gasteiger partial charge in [-0.1, -0.05) is 26.2 Å². The standard InChI is InChI=1S/C15H23ClN4/c1-3-12-14-15(19(2)18-12)20(13(17-14)9-10-16)11-7-5-4-6-8-11/h11H,3-10H2,1-2H3. The van der Waals surface area contributed by atoms with Crippen LogP contribution < -0.4 is 0 Å². The van der Waals surface area contributed by atoms with Crippen molar-refractivity contribution in [3.8, 4) is 0 Å². The van der Waals surface area contributed by atoms with E-state index in [9.17, 15) is 0 Å². The summed E-state index contributed by atoms with van der Waals surface area (Å²) in [5.41, 5.74) is 3.38. The first-order chi connectivity index (χ1) is 9.76. The van der Waals surface area contributed by atoms with Crippen LogP contribution in [-0.2, 0) is 19.9 Å². The van der Waals surface area contributed by atoms with Crippen LogP contribution in [0.5, 0.6) is 0 Å². The van der Waals surface area contributed by atoms with E-state index in [1.807, 2.05) is 11.7 Å². The Morgan fingerprint density at radius 1 is 1.25 bits per heavy atom. The molecule has 20 heavy (non-hydrogen) atoms. The van der Waals surface area contributed by atoms with Gasteiger partial charge < -0.3 is 4.57 Å². The molecule has 2 aromatic rings. The van der Waals surface area contributed by atoms with Crippen molar-refractivity contribution in [2.24, 2.45) is 7.05 Å². The Kier molecular flexibility index (Phi) is 4.01. The number of aryl methyl sites for hydroxylation is 3. The van der Waals surface area contributed by atoms with Gasteiger partial charge in [-0.25, -0.2) is 4.98 Å². The summed E-state index contributed by atoms with van der Waals surface area (Å²) in [5.74, 6) is 1.77. The highest BCUT2D eigenvalue weighted by Crippen LogP contribution is 2.33. The molecule has 2 aromatic heterocycles. The van der Waals surface area contributed by atoms with Crippen LogP contribution in [0.2, 0.25) is 0 Å². The first-order valence-corrected chi connectivity index (χ1v) is 8.28. The number of rotatable bonds is 4. The van der Waals surface area contributed by atoms with Crippen molar-refractivity contribution in [1.82, 2.24) is 19.3 Å². The number of fused-ring (bicyclic) bond motifs is 1. The van der Waals surface area contributed by atoms with Gasteiger partial charge in [-0.05, 0) is 19.3 Å². The summed E-state index contributed by atoms with van der Waals surface area (Å²) < 4.78 is 4.44. The molecule has 2 heterocycles. The molecule has 1 aliphatic carbocycles. The zero-order chi connectivity index (χ0) is 14.1.